The Kier molecular flexibility index (Phi) is 10.6. The van der Waals surface area contributed by atoms with Gasteiger partial charge in [-0.1, -0.05) is 86.1 Å². The average Bonchev–Trinajstić information content (AvgIpc) is 3.13. The van der Waals surface area contributed by atoms with E-state index in [0.29, 0.717) is 11.0 Å². The van der Waals surface area contributed by atoms with Crippen LogP contribution in [-0.2, 0) is 4.79 Å². The minimum atomic E-state index is -0.587. The number of anilines is 1. The molecule has 1 N–H and O–H groups in total. The summed E-state index contributed by atoms with van der Waals surface area (Å²) in [5, 5.41) is 3.13. The summed E-state index contributed by atoms with van der Waals surface area (Å²) in [7, 11) is 1.78. The van der Waals surface area contributed by atoms with Crippen molar-refractivity contribution in [3.05, 3.63) is 77.3 Å². The molecular weight excluding hydrogens is 496 g/mol. The number of aromatic nitrogens is 2. The molecule has 0 aromatic carbocycles. The Balaban J connectivity index is 0.000000832. The number of likely N-dealkylation sites (N-methyl/N-ethyl adjacent to an activating group) is 1. The van der Waals surface area contributed by atoms with Gasteiger partial charge in [-0.25, -0.2) is 4.98 Å². The van der Waals surface area contributed by atoms with Crippen molar-refractivity contribution in [2.24, 2.45) is 10.8 Å². The van der Waals surface area contributed by atoms with Crippen LogP contribution in [-0.4, -0.2) is 34.4 Å². The van der Waals surface area contributed by atoms with E-state index >= 15 is 0 Å². The Labute approximate surface area is 243 Å². The average molecular weight is 549 g/mol. The second-order valence-electron chi connectivity index (χ2n) is 12.8. The molecule has 2 aromatic heterocycles. The molecule has 2 atom stereocenters. The smallest absolute Gasteiger partial charge is 0.253 e. The number of pyridine rings is 2. The molecule has 220 valence electrons. The van der Waals surface area contributed by atoms with Gasteiger partial charge in [0.2, 0.25) is 5.91 Å². The van der Waals surface area contributed by atoms with Crippen LogP contribution in [0.1, 0.15) is 117 Å². The number of amides is 2. The molecule has 0 fully saturated rings. The summed E-state index contributed by atoms with van der Waals surface area (Å²) >= 11 is 0. The van der Waals surface area contributed by atoms with Gasteiger partial charge in [-0.3, -0.25) is 19.5 Å². The van der Waals surface area contributed by atoms with Crippen molar-refractivity contribution in [3.8, 4) is 0 Å². The number of hydrogen-bond acceptors (Lipinski definition) is 4. The van der Waals surface area contributed by atoms with Crippen LogP contribution >= 0.6 is 0 Å². The molecular formula is C34H52N4O2. The molecule has 0 saturated carbocycles. The van der Waals surface area contributed by atoms with Crippen LogP contribution in [0.25, 0.3) is 0 Å². The van der Waals surface area contributed by atoms with Crippen molar-refractivity contribution in [2.75, 3.05) is 11.9 Å². The van der Waals surface area contributed by atoms with E-state index in [2.05, 4.69) is 70.1 Å². The van der Waals surface area contributed by atoms with Crippen molar-refractivity contribution in [1.29, 1.82) is 0 Å². The number of hydrogen-bond donors (Lipinski definition) is 1. The van der Waals surface area contributed by atoms with Crippen molar-refractivity contribution >= 4 is 17.6 Å². The van der Waals surface area contributed by atoms with Crippen molar-refractivity contribution < 1.29 is 11.0 Å². The lowest BCUT2D eigenvalue weighted by molar-refractivity contribution is -0.118. The zero-order valence-corrected chi connectivity index (χ0v) is 26.7. The maximum atomic E-state index is 12.8. The van der Waals surface area contributed by atoms with E-state index in [-0.39, 0.29) is 30.5 Å². The predicted molar refractivity (Wildman–Crippen MR) is 169 cm³/mol. The summed E-state index contributed by atoms with van der Waals surface area (Å²) in [6.07, 6.45) is 10.9. The quantitative estimate of drug-likeness (QED) is 0.419. The molecule has 0 radical (unpaired) electrons. The SMILES string of the molecule is CC.CC1C(=O)N(C)c2nc(C3C=C(C(C)(C)NC(=O)c4cccnc4)C=CC3(C)C)ccc21.CCC(C)(C)C.[HH]. The first kappa shape index (κ1) is 32.9. The predicted octanol–water partition coefficient (Wildman–Crippen LogP) is 8.09. The first-order valence-electron chi connectivity index (χ1n) is 14.5. The molecule has 40 heavy (non-hydrogen) atoms. The molecule has 2 aromatic rings. The normalized spacial score (nSPS) is 19.4. The third-order valence-electron chi connectivity index (χ3n) is 7.70. The Hall–Kier alpha value is -3.28. The Morgan fingerprint density at radius 2 is 1.75 bits per heavy atom. The van der Waals surface area contributed by atoms with Gasteiger partial charge < -0.3 is 5.32 Å². The second kappa shape index (κ2) is 12.9. The fraction of sp³-hybridized carbons (Fsp3) is 0.529. The standard InChI is InChI=1S/C26H30N4O2.C6H14.C2H6.H2/c1-16-19-9-10-21(28-22(19)30(6)24(16)32)20-14-18(11-12-25(20,2)3)26(4,5)29-23(31)17-8-7-13-27-15-17;1-5-6(2,3)4;1-2;/h7-16,20H,1-6H3,(H,29,31);5H2,1-4H3;1-2H3;1H. The van der Waals surface area contributed by atoms with Crippen molar-refractivity contribution in [1.82, 2.24) is 15.3 Å². The minimum absolute atomic E-state index is 0. The van der Waals surface area contributed by atoms with Crippen LogP contribution in [0.4, 0.5) is 5.82 Å². The molecule has 1 aliphatic heterocycles. The first-order valence-corrected chi connectivity index (χ1v) is 14.5. The number of rotatable bonds is 4. The molecule has 2 aliphatic rings. The molecule has 6 heteroatoms. The maximum absolute atomic E-state index is 12.8. The van der Waals surface area contributed by atoms with Gasteiger partial charge in [0.05, 0.1) is 22.7 Å². The molecule has 6 nitrogen and oxygen atoms in total. The molecule has 1 aliphatic carbocycles. The number of nitrogens with zero attached hydrogens (tertiary/aromatic N) is 3. The lowest BCUT2D eigenvalue weighted by atomic mass is 9.70. The summed E-state index contributed by atoms with van der Waals surface area (Å²) < 4.78 is 0. The van der Waals surface area contributed by atoms with Crippen LogP contribution in [0.5, 0.6) is 0 Å². The molecule has 0 spiro atoms. The van der Waals surface area contributed by atoms with Crippen LogP contribution in [0.15, 0.2) is 60.5 Å². The van der Waals surface area contributed by atoms with E-state index in [1.165, 1.54) is 6.42 Å². The van der Waals surface area contributed by atoms with Gasteiger partial charge in [0.25, 0.3) is 5.91 Å². The van der Waals surface area contributed by atoms with Gasteiger partial charge in [0.1, 0.15) is 5.82 Å². The third kappa shape index (κ3) is 7.67. The Morgan fingerprint density at radius 3 is 2.30 bits per heavy atom. The van der Waals surface area contributed by atoms with E-state index in [1.807, 2.05) is 46.8 Å². The maximum Gasteiger partial charge on any atom is 0.253 e. The summed E-state index contributed by atoms with van der Waals surface area (Å²) in [5.74, 6) is 0.487. The summed E-state index contributed by atoms with van der Waals surface area (Å²) in [6, 6.07) is 7.56. The largest absolute Gasteiger partial charge is 0.343 e. The highest BCUT2D eigenvalue weighted by molar-refractivity contribution is 6.03. The van der Waals surface area contributed by atoms with E-state index < -0.39 is 5.54 Å². The van der Waals surface area contributed by atoms with Gasteiger partial charge in [0, 0.05) is 32.3 Å². The van der Waals surface area contributed by atoms with Gasteiger partial charge in [-0.15, -0.1) is 0 Å². The molecule has 2 amide bonds. The highest BCUT2D eigenvalue weighted by Crippen LogP contribution is 2.44. The lowest BCUT2D eigenvalue weighted by Crippen LogP contribution is -2.45. The number of fused-ring (bicyclic) bond motifs is 1. The lowest BCUT2D eigenvalue weighted by Gasteiger charge is -2.37. The van der Waals surface area contributed by atoms with Gasteiger partial charge in [-0.2, -0.15) is 0 Å². The second-order valence-corrected chi connectivity index (χ2v) is 12.8. The zero-order valence-electron chi connectivity index (χ0n) is 26.7. The Bertz CT molecular complexity index is 1240. The molecule has 4 rings (SSSR count). The molecule has 0 saturated heterocycles. The summed E-state index contributed by atoms with van der Waals surface area (Å²) in [6.45, 7) is 23.2. The fourth-order valence-electron chi connectivity index (χ4n) is 4.45. The van der Waals surface area contributed by atoms with Crippen LogP contribution in [0.3, 0.4) is 0 Å². The Morgan fingerprint density at radius 1 is 1.12 bits per heavy atom. The van der Waals surface area contributed by atoms with Gasteiger partial charge in [0.15, 0.2) is 0 Å². The highest BCUT2D eigenvalue weighted by atomic mass is 16.2. The van der Waals surface area contributed by atoms with Crippen molar-refractivity contribution in [2.45, 2.75) is 100.0 Å². The highest BCUT2D eigenvalue weighted by Gasteiger charge is 2.38. The zero-order chi connectivity index (χ0) is 30.5. The van der Waals surface area contributed by atoms with E-state index in [9.17, 15) is 9.59 Å². The van der Waals surface area contributed by atoms with Crippen LogP contribution < -0.4 is 10.2 Å². The number of nitrogens with one attached hydrogen (secondary N) is 1. The number of carbonyl (C=O) groups is 2. The topological polar surface area (TPSA) is 75.2 Å². The third-order valence-corrected chi connectivity index (χ3v) is 7.70. The number of allylic oxidation sites excluding steroid dienone is 2. The van der Waals surface area contributed by atoms with Gasteiger partial charge in [-0.05, 0) is 55.4 Å². The monoisotopic (exact) mass is 548 g/mol. The van der Waals surface area contributed by atoms with Gasteiger partial charge >= 0.3 is 0 Å². The summed E-state index contributed by atoms with van der Waals surface area (Å²) in [4.78, 5) is 35.8. The van der Waals surface area contributed by atoms with E-state index in [0.717, 1.165) is 22.6 Å². The minimum Gasteiger partial charge on any atom is -0.343 e. The van der Waals surface area contributed by atoms with E-state index in [1.54, 1.807) is 36.5 Å². The number of carbonyl (C=O) groups excluding carboxylic acids is 2. The first-order chi connectivity index (χ1) is 18.6. The molecule has 3 heterocycles. The molecule has 2 unspecified atom stereocenters. The van der Waals surface area contributed by atoms with E-state index in [4.69, 9.17) is 4.98 Å². The fourth-order valence-corrected chi connectivity index (χ4v) is 4.45. The van der Waals surface area contributed by atoms with Crippen molar-refractivity contribution in [3.63, 3.8) is 0 Å². The summed E-state index contributed by atoms with van der Waals surface area (Å²) in [5.41, 5.74) is 3.22. The van der Waals surface area contributed by atoms with Crippen LogP contribution in [0, 0.1) is 10.8 Å². The molecule has 0 bridgehead atoms. The van der Waals surface area contributed by atoms with Crippen LogP contribution in [0.2, 0.25) is 0 Å².